The standard InChI is InChI=1S/C12H14N2/c1-14-12-7-6-9-4-2-3-5-10(9)11(12)8-13/h2-5,11-12,14H,6-7H2,1H3. The Morgan fingerprint density at radius 3 is 2.93 bits per heavy atom. The number of rotatable bonds is 1. The summed E-state index contributed by atoms with van der Waals surface area (Å²) in [6, 6.07) is 11.0. The fraction of sp³-hybridized carbons (Fsp3) is 0.417. The lowest BCUT2D eigenvalue weighted by Gasteiger charge is -2.28. The van der Waals surface area contributed by atoms with Gasteiger partial charge >= 0.3 is 0 Å². The van der Waals surface area contributed by atoms with Crippen molar-refractivity contribution in [1.29, 1.82) is 5.26 Å². The third-order valence-corrected chi connectivity index (χ3v) is 3.03. The van der Waals surface area contributed by atoms with Gasteiger partial charge in [0, 0.05) is 6.04 Å². The molecule has 0 aliphatic heterocycles. The Bertz CT molecular complexity index is 365. The highest BCUT2D eigenvalue weighted by Crippen LogP contribution is 2.30. The number of nitrogens with one attached hydrogen (secondary N) is 1. The maximum absolute atomic E-state index is 9.15. The van der Waals surface area contributed by atoms with Crippen LogP contribution in [0.4, 0.5) is 0 Å². The van der Waals surface area contributed by atoms with Crippen molar-refractivity contribution in [2.24, 2.45) is 0 Å². The molecule has 1 aromatic rings. The van der Waals surface area contributed by atoms with Crippen LogP contribution in [0.25, 0.3) is 0 Å². The molecule has 0 radical (unpaired) electrons. The molecule has 1 aliphatic carbocycles. The van der Waals surface area contributed by atoms with E-state index in [2.05, 4.69) is 23.5 Å². The van der Waals surface area contributed by atoms with E-state index in [1.165, 1.54) is 11.1 Å². The molecule has 2 nitrogen and oxygen atoms in total. The topological polar surface area (TPSA) is 35.8 Å². The van der Waals surface area contributed by atoms with Crippen LogP contribution < -0.4 is 5.32 Å². The Balaban J connectivity index is 2.40. The van der Waals surface area contributed by atoms with E-state index in [1.807, 2.05) is 19.2 Å². The SMILES string of the molecule is CNC1CCc2ccccc2C1C#N. The van der Waals surface area contributed by atoms with E-state index in [4.69, 9.17) is 5.26 Å². The van der Waals surface area contributed by atoms with Gasteiger partial charge in [-0.05, 0) is 31.0 Å². The molecule has 2 heteroatoms. The predicted molar refractivity (Wildman–Crippen MR) is 56.0 cm³/mol. The fourth-order valence-corrected chi connectivity index (χ4v) is 2.23. The number of fused-ring (bicyclic) bond motifs is 1. The van der Waals surface area contributed by atoms with Crippen molar-refractivity contribution in [3.8, 4) is 6.07 Å². The average Bonchev–Trinajstić information content (AvgIpc) is 2.27. The Morgan fingerprint density at radius 2 is 2.21 bits per heavy atom. The van der Waals surface area contributed by atoms with Crippen molar-refractivity contribution in [1.82, 2.24) is 5.32 Å². The van der Waals surface area contributed by atoms with Crippen LogP contribution in [0.3, 0.4) is 0 Å². The Kier molecular flexibility index (Phi) is 2.51. The minimum Gasteiger partial charge on any atom is -0.315 e. The van der Waals surface area contributed by atoms with Gasteiger partial charge in [-0.15, -0.1) is 0 Å². The first-order valence-electron chi connectivity index (χ1n) is 5.01. The number of nitriles is 1. The maximum Gasteiger partial charge on any atom is 0.0868 e. The van der Waals surface area contributed by atoms with Gasteiger partial charge in [-0.1, -0.05) is 24.3 Å². The molecule has 0 fully saturated rings. The van der Waals surface area contributed by atoms with Crippen LogP contribution in [-0.4, -0.2) is 13.1 Å². The summed E-state index contributed by atoms with van der Waals surface area (Å²) in [7, 11) is 1.93. The van der Waals surface area contributed by atoms with E-state index >= 15 is 0 Å². The highest BCUT2D eigenvalue weighted by Gasteiger charge is 2.27. The fourth-order valence-electron chi connectivity index (χ4n) is 2.23. The lowest BCUT2D eigenvalue weighted by molar-refractivity contribution is 0.463. The van der Waals surface area contributed by atoms with Gasteiger partial charge in [0.2, 0.25) is 0 Å². The molecule has 1 aromatic carbocycles. The molecule has 0 saturated carbocycles. The lowest BCUT2D eigenvalue weighted by Crippen LogP contribution is -2.35. The molecule has 0 aromatic heterocycles. The Labute approximate surface area is 84.6 Å². The van der Waals surface area contributed by atoms with Crippen molar-refractivity contribution >= 4 is 0 Å². The van der Waals surface area contributed by atoms with E-state index in [1.54, 1.807) is 0 Å². The number of likely N-dealkylation sites (N-methyl/N-ethyl adjacent to an activating group) is 1. The Hall–Kier alpha value is -1.33. The summed E-state index contributed by atoms with van der Waals surface area (Å²) < 4.78 is 0. The minimum atomic E-state index is 0.0185. The molecule has 2 atom stereocenters. The first-order chi connectivity index (χ1) is 6.86. The summed E-state index contributed by atoms with van der Waals surface area (Å²) in [6.07, 6.45) is 2.14. The maximum atomic E-state index is 9.15. The first kappa shape index (κ1) is 9.23. The molecule has 2 rings (SSSR count). The predicted octanol–water partition coefficient (Wildman–Crippen LogP) is 1.83. The van der Waals surface area contributed by atoms with Crippen molar-refractivity contribution in [3.63, 3.8) is 0 Å². The molecule has 0 heterocycles. The molecule has 0 bridgehead atoms. The highest BCUT2D eigenvalue weighted by molar-refractivity contribution is 5.37. The van der Waals surface area contributed by atoms with Crippen LogP contribution in [0.1, 0.15) is 23.5 Å². The van der Waals surface area contributed by atoms with E-state index in [9.17, 15) is 0 Å². The number of hydrogen-bond donors (Lipinski definition) is 1. The molecular formula is C12H14N2. The second-order valence-corrected chi connectivity index (χ2v) is 3.74. The third-order valence-electron chi connectivity index (χ3n) is 3.03. The van der Waals surface area contributed by atoms with Crippen LogP contribution >= 0.6 is 0 Å². The van der Waals surface area contributed by atoms with Gasteiger partial charge in [0.15, 0.2) is 0 Å². The summed E-state index contributed by atoms with van der Waals surface area (Å²) in [4.78, 5) is 0. The van der Waals surface area contributed by atoms with Crippen molar-refractivity contribution < 1.29 is 0 Å². The first-order valence-corrected chi connectivity index (χ1v) is 5.01. The van der Waals surface area contributed by atoms with Crippen molar-refractivity contribution in [2.75, 3.05) is 7.05 Å². The van der Waals surface area contributed by atoms with Crippen molar-refractivity contribution in [2.45, 2.75) is 24.8 Å². The smallest absolute Gasteiger partial charge is 0.0868 e. The monoisotopic (exact) mass is 186 g/mol. The zero-order valence-corrected chi connectivity index (χ0v) is 8.33. The van der Waals surface area contributed by atoms with E-state index in [0.717, 1.165) is 12.8 Å². The molecule has 0 amide bonds. The Morgan fingerprint density at radius 1 is 1.43 bits per heavy atom. The summed E-state index contributed by atoms with van der Waals surface area (Å²) in [5, 5.41) is 12.4. The van der Waals surface area contributed by atoms with E-state index in [-0.39, 0.29) is 5.92 Å². The molecule has 0 saturated heterocycles. The second-order valence-electron chi connectivity index (χ2n) is 3.74. The van der Waals surface area contributed by atoms with Crippen LogP contribution in [0.5, 0.6) is 0 Å². The number of nitrogens with zero attached hydrogens (tertiary/aromatic N) is 1. The normalized spacial score (nSPS) is 25.1. The number of benzene rings is 1. The van der Waals surface area contributed by atoms with Crippen molar-refractivity contribution in [3.05, 3.63) is 35.4 Å². The number of aryl methyl sites for hydroxylation is 1. The van der Waals surface area contributed by atoms with Gasteiger partial charge in [0.25, 0.3) is 0 Å². The largest absolute Gasteiger partial charge is 0.315 e. The molecule has 14 heavy (non-hydrogen) atoms. The van der Waals surface area contributed by atoms with Gasteiger partial charge in [-0.2, -0.15) is 5.26 Å². The van der Waals surface area contributed by atoms with E-state index < -0.39 is 0 Å². The van der Waals surface area contributed by atoms with Gasteiger partial charge in [-0.25, -0.2) is 0 Å². The van der Waals surface area contributed by atoms with Gasteiger partial charge in [0.05, 0.1) is 12.0 Å². The van der Waals surface area contributed by atoms with Crippen LogP contribution in [0.15, 0.2) is 24.3 Å². The summed E-state index contributed by atoms with van der Waals surface area (Å²) >= 11 is 0. The van der Waals surface area contributed by atoms with Gasteiger partial charge in [-0.3, -0.25) is 0 Å². The minimum absolute atomic E-state index is 0.0185. The molecular weight excluding hydrogens is 172 g/mol. The highest BCUT2D eigenvalue weighted by atomic mass is 14.9. The number of hydrogen-bond acceptors (Lipinski definition) is 2. The molecule has 1 N–H and O–H groups in total. The average molecular weight is 186 g/mol. The van der Waals surface area contributed by atoms with Gasteiger partial charge in [0.1, 0.15) is 0 Å². The van der Waals surface area contributed by atoms with Crippen LogP contribution in [0, 0.1) is 11.3 Å². The summed E-state index contributed by atoms with van der Waals surface area (Å²) in [5.41, 5.74) is 2.55. The molecule has 1 aliphatic rings. The lowest BCUT2D eigenvalue weighted by atomic mass is 9.80. The van der Waals surface area contributed by atoms with Crippen LogP contribution in [0.2, 0.25) is 0 Å². The zero-order valence-electron chi connectivity index (χ0n) is 8.33. The summed E-state index contributed by atoms with van der Waals surface area (Å²) in [5.74, 6) is 0.0185. The van der Waals surface area contributed by atoms with Crippen LogP contribution in [-0.2, 0) is 6.42 Å². The second kappa shape index (κ2) is 3.81. The van der Waals surface area contributed by atoms with E-state index in [0.29, 0.717) is 6.04 Å². The summed E-state index contributed by atoms with van der Waals surface area (Å²) in [6.45, 7) is 0. The zero-order chi connectivity index (χ0) is 9.97. The molecule has 2 unspecified atom stereocenters. The molecule has 72 valence electrons. The quantitative estimate of drug-likeness (QED) is 0.726. The third kappa shape index (κ3) is 1.40. The molecule has 0 spiro atoms. The van der Waals surface area contributed by atoms with Gasteiger partial charge < -0.3 is 5.32 Å².